The van der Waals surface area contributed by atoms with Gasteiger partial charge >= 0.3 is 6.18 Å². The smallest absolute Gasteiger partial charge is 0.394 e. The topological polar surface area (TPSA) is 83.7 Å². The first-order valence-corrected chi connectivity index (χ1v) is 11.8. The van der Waals surface area contributed by atoms with Gasteiger partial charge in [0.1, 0.15) is 5.69 Å². The van der Waals surface area contributed by atoms with Crippen molar-refractivity contribution in [3.63, 3.8) is 0 Å². The molecule has 2 bridgehead atoms. The minimum absolute atomic E-state index is 0.0656. The number of likely N-dealkylation sites (N-methyl/N-ethyl adjacent to an activating group) is 1. The number of aromatic nitrogens is 3. The van der Waals surface area contributed by atoms with E-state index in [1.807, 2.05) is 6.92 Å². The molecule has 3 rings (SSSR count). The Hall–Kier alpha value is -2.50. The number of ether oxygens (including phenoxy) is 1. The number of nitrogens with zero attached hydrogens (tertiary/aromatic N) is 5. The molecule has 1 amide bonds. The summed E-state index contributed by atoms with van der Waals surface area (Å²) >= 11 is 0. The van der Waals surface area contributed by atoms with E-state index < -0.39 is 17.8 Å². The predicted molar refractivity (Wildman–Crippen MR) is 123 cm³/mol. The van der Waals surface area contributed by atoms with Crippen LogP contribution in [-0.4, -0.2) is 74.7 Å². The number of aryl methyl sites for hydroxylation is 1. The average Bonchev–Trinajstić information content (AvgIpc) is 3.26. The van der Waals surface area contributed by atoms with Gasteiger partial charge in [-0.1, -0.05) is 30.3 Å². The third-order valence-electron chi connectivity index (χ3n) is 6.30. The fourth-order valence-electron chi connectivity index (χ4n) is 4.29. The van der Waals surface area contributed by atoms with Gasteiger partial charge in [0, 0.05) is 38.5 Å². The molecule has 0 aliphatic carbocycles. The fraction of sp³-hybridized carbons (Fsp3) is 0.625. The standard InChI is InChI=1S/C24H34F3N5O3/c1-17-11-32(18(2)15-33)23(34)9-6-10-31-13-20(28-29-31)16-35-22(17)14-30(3)12-19-7-4-5-8-21(19)24(25,26)27/h4-5,7-8,13,17-18,22,33H,6,9-12,14-16H2,1-3H3/t17-,18+,22-/m1/s1. The lowest BCUT2D eigenvalue weighted by molar-refractivity contribution is -0.138. The highest BCUT2D eigenvalue weighted by Gasteiger charge is 2.33. The molecule has 1 aromatic carbocycles. The van der Waals surface area contributed by atoms with E-state index in [4.69, 9.17) is 4.74 Å². The molecular weight excluding hydrogens is 463 g/mol. The molecule has 1 aromatic heterocycles. The molecule has 0 saturated heterocycles. The minimum Gasteiger partial charge on any atom is -0.394 e. The third-order valence-corrected chi connectivity index (χ3v) is 6.30. The second-order valence-electron chi connectivity index (χ2n) is 9.33. The largest absolute Gasteiger partial charge is 0.416 e. The second kappa shape index (κ2) is 12.0. The van der Waals surface area contributed by atoms with Crippen molar-refractivity contribution in [2.24, 2.45) is 5.92 Å². The number of amides is 1. The van der Waals surface area contributed by atoms with Gasteiger partial charge in [0.2, 0.25) is 5.91 Å². The van der Waals surface area contributed by atoms with Gasteiger partial charge in [-0.3, -0.25) is 14.4 Å². The van der Waals surface area contributed by atoms with Crippen LogP contribution in [0.25, 0.3) is 0 Å². The summed E-state index contributed by atoms with van der Waals surface area (Å²) in [7, 11) is 1.75. The van der Waals surface area contributed by atoms with Crippen molar-refractivity contribution in [3.05, 3.63) is 47.3 Å². The number of hydrogen-bond donors (Lipinski definition) is 1. The van der Waals surface area contributed by atoms with Crippen LogP contribution < -0.4 is 0 Å². The van der Waals surface area contributed by atoms with Crippen molar-refractivity contribution >= 4 is 5.91 Å². The van der Waals surface area contributed by atoms with Crippen molar-refractivity contribution in [1.29, 1.82) is 0 Å². The lowest BCUT2D eigenvalue weighted by Gasteiger charge is -2.35. The maximum atomic E-state index is 13.5. The van der Waals surface area contributed by atoms with Crippen molar-refractivity contribution in [2.75, 3.05) is 26.7 Å². The molecule has 2 heterocycles. The zero-order valence-electron chi connectivity index (χ0n) is 20.4. The molecule has 1 N–H and O–H groups in total. The van der Waals surface area contributed by atoms with Gasteiger partial charge in [-0.15, -0.1) is 5.10 Å². The summed E-state index contributed by atoms with van der Waals surface area (Å²) in [5, 5.41) is 17.9. The molecule has 11 heteroatoms. The maximum Gasteiger partial charge on any atom is 0.416 e. The van der Waals surface area contributed by atoms with Crippen LogP contribution in [0.3, 0.4) is 0 Å². The van der Waals surface area contributed by atoms with Gasteiger partial charge in [-0.2, -0.15) is 13.2 Å². The Morgan fingerprint density at radius 3 is 2.77 bits per heavy atom. The molecule has 35 heavy (non-hydrogen) atoms. The normalized spacial score (nSPS) is 21.4. The van der Waals surface area contributed by atoms with Crippen molar-refractivity contribution in [1.82, 2.24) is 24.8 Å². The number of rotatable bonds is 6. The molecule has 1 aliphatic rings. The van der Waals surface area contributed by atoms with Crippen molar-refractivity contribution < 1.29 is 27.8 Å². The SMILES string of the molecule is C[C@@H]1CN([C@@H](C)CO)C(=O)CCCn2cc(nn2)CO[C@@H]1CN(C)Cc1ccccc1C(F)(F)F. The first-order valence-electron chi connectivity index (χ1n) is 11.8. The molecule has 0 spiro atoms. The summed E-state index contributed by atoms with van der Waals surface area (Å²) in [4.78, 5) is 16.4. The predicted octanol–water partition coefficient (Wildman–Crippen LogP) is 2.95. The van der Waals surface area contributed by atoms with Gasteiger partial charge in [0.05, 0.1) is 37.1 Å². The zero-order valence-corrected chi connectivity index (χ0v) is 20.4. The zero-order chi connectivity index (χ0) is 25.6. The van der Waals surface area contributed by atoms with E-state index in [1.54, 1.807) is 40.7 Å². The van der Waals surface area contributed by atoms with E-state index in [-0.39, 0.29) is 43.2 Å². The van der Waals surface area contributed by atoms with Gasteiger partial charge in [-0.25, -0.2) is 0 Å². The number of fused-ring (bicyclic) bond motifs is 2. The Bertz CT molecular complexity index is 968. The molecule has 0 fully saturated rings. The number of halogens is 3. The van der Waals surface area contributed by atoms with E-state index in [0.717, 1.165) is 6.07 Å². The fourth-order valence-corrected chi connectivity index (χ4v) is 4.29. The van der Waals surface area contributed by atoms with Crippen LogP contribution in [0.2, 0.25) is 0 Å². The minimum atomic E-state index is -4.43. The van der Waals surface area contributed by atoms with Gasteiger partial charge < -0.3 is 14.7 Å². The van der Waals surface area contributed by atoms with Gasteiger partial charge in [0.25, 0.3) is 0 Å². The quantitative estimate of drug-likeness (QED) is 0.661. The highest BCUT2D eigenvalue weighted by molar-refractivity contribution is 5.76. The Morgan fingerprint density at radius 2 is 2.06 bits per heavy atom. The molecule has 2 aromatic rings. The van der Waals surface area contributed by atoms with Crippen molar-refractivity contribution in [3.8, 4) is 0 Å². The molecular formula is C24H34F3N5O3. The van der Waals surface area contributed by atoms with Gasteiger partial charge in [0.15, 0.2) is 0 Å². The Morgan fingerprint density at radius 1 is 1.31 bits per heavy atom. The van der Waals surface area contributed by atoms with Crippen molar-refractivity contribution in [2.45, 2.75) is 64.7 Å². The van der Waals surface area contributed by atoms with Crippen LogP contribution >= 0.6 is 0 Å². The summed E-state index contributed by atoms with van der Waals surface area (Å²) in [6, 6.07) is 5.19. The highest BCUT2D eigenvalue weighted by atomic mass is 19.4. The Balaban J connectivity index is 1.80. The summed E-state index contributed by atoms with van der Waals surface area (Å²) < 4.78 is 48.2. The van der Waals surface area contributed by atoms with E-state index in [1.165, 1.54) is 12.1 Å². The van der Waals surface area contributed by atoms with Crippen LogP contribution in [0.4, 0.5) is 13.2 Å². The monoisotopic (exact) mass is 497 g/mol. The van der Waals surface area contributed by atoms with Crippen LogP contribution in [0, 0.1) is 5.92 Å². The van der Waals surface area contributed by atoms with Crippen LogP contribution in [0.1, 0.15) is 43.5 Å². The Kier molecular flexibility index (Phi) is 9.26. The highest BCUT2D eigenvalue weighted by Crippen LogP contribution is 2.32. The van der Waals surface area contributed by atoms with Crippen LogP contribution in [0.15, 0.2) is 30.5 Å². The number of aliphatic hydroxyl groups is 1. The Labute approximate surface area is 203 Å². The first-order chi connectivity index (χ1) is 16.6. The van der Waals surface area contributed by atoms with Gasteiger partial charge in [-0.05, 0) is 32.0 Å². The molecule has 1 aliphatic heterocycles. The molecule has 0 unspecified atom stereocenters. The molecule has 0 saturated carbocycles. The summed E-state index contributed by atoms with van der Waals surface area (Å²) in [6.45, 7) is 5.12. The van der Waals surface area contributed by atoms with E-state index in [2.05, 4.69) is 10.3 Å². The second-order valence-corrected chi connectivity index (χ2v) is 9.33. The number of alkyl halides is 3. The summed E-state index contributed by atoms with van der Waals surface area (Å²) in [5.41, 5.74) is 0.188. The van der Waals surface area contributed by atoms with Crippen LogP contribution in [-0.2, 0) is 35.4 Å². The first kappa shape index (κ1) is 27.1. The summed E-state index contributed by atoms with van der Waals surface area (Å²) in [5.74, 6) is -0.215. The number of aliphatic hydroxyl groups excluding tert-OH is 1. The lowest BCUT2D eigenvalue weighted by atomic mass is 10.0. The average molecular weight is 498 g/mol. The van der Waals surface area contributed by atoms with E-state index in [0.29, 0.717) is 38.2 Å². The number of hydrogen-bond acceptors (Lipinski definition) is 6. The van der Waals surface area contributed by atoms with Crippen LogP contribution in [0.5, 0.6) is 0 Å². The summed E-state index contributed by atoms with van der Waals surface area (Å²) in [6.07, 6.45) is -2.14. The molecule has 8 nitrogen and oxygen atoms in total. The lowest BCUT2D eigenvalue weighted by Crippen LogP contribution is -2.47. The number of carbonyl (C=O) groups is 1. The molecule has 194 valence electrons. The van der Waals surface area contributed by atoms with E-state index in [9.17, 15) is 23.1 Å². The third kappa shape index (κ3) is 7.49. The van der Waals surface area contributed by atoms with E-state index >= 15 is 0 Å². The molecule has 3 atom stereocenters. The maximum absolute atomic E-state index is 13.5. The number of carbonyl (C=O) groups excluding carboxylic acids is 1. The molecule has 0 radical (unpaired) electrons. The number of benzene rings is 1.